The van der Waals surface area contributed by atoms with E-state index < -0.39 is 0 Å². The number of hydrogen-bond donors (Lipinski definition) is 1. The Labute approximate surface area is 121 Å². The van der Waals surface area contributed by atoms with Gasteiger partial charge in [-0.1, -0.05) is 22.0 Å². The van der Waals surface area contributed by atoms with Crippen molar-refractivity contribution in [3.63, 3.8) is 0 Å². The fraction of sp³-hybridized carbons (Fsp3) is 0.500. The summed E-state index contributed by atoms with van der Waals surface area (Å²) in [5, 5.41) is 3.20. The van der Waals surface area contributed by atoms with Crippen molar-refractivity contribution >= 4 is 27.5 Å². The summed E-state index contributed by atoms with van der Waals surface area (Å²) in [6, 6.07) is 6.77. The zero-order chi connectivity index (χ0) is 13.4. The number of nitrogens with zero attached hydrogens (tertiary/aromatic N) is 2. The van der Waals surface area contributed by atoms with Gasteiger partial charge < -0.3 is 15.1 Å². The van der Waals surface area contributed by atoms with Crippen LogP contribution in [0.1, 0.15) is 5.56 Å². The van der Waals surface area contributed by atoms with Crippen LogP contribution in [0.15, 0.2) is 22.7 Å². The summed E-state index contributed by atoms with van der Waals surface area (Å²) in [5.74, 6) is 0.237. The average molecular weight is 324 g/mol. The molecule has 1 amide bonds. The van der Waals surface area contributed by atoms with Gasteiger partial charge >= 0.3 is 0 Å². The molecular weight excluding hydrogens is 306 g/mol. The van der Waals surface area contributed by atoms with E-state index in [0.717, 1.165) is 30.7 Å². The standard InChI is InChI=1S/C14H18BrN3O/c1-10-2-3-11(6-13(10)15)17-4-5-18-12(9-17)7-16-8-14(18)19/h2-3,6,12,16H,4-5,7-9H2,1H3. The second-order valence-electron chi connectivity index (χ2n) is 5.25. The maximum absolute atomic E-state index is 11.8. The zero-order valence-electron chi connectivity index (χ0n) is 11.0. The summed E-state index contributed by atoms with van der Waals surface area (Å²) >= 11 is 3.59. The first-order valence-electron chi connectivity index (χ1n) is 6.66. The molecule has 2 saturated heterocycles. The average Bonchev–Trinajstić information content (AvgIpc) is 2.42. The molecule has 3 rings (SSSR count). The SMILES string of the molecule is Cc1ccc(N2CCN3C(=O)CNCC3C2)cc1Br. The molecule has 5 heteroatoms. The van der Waals surface area contributed by atoms with E-state index in [1.165, 1.54) is 11.3 Å². The summed E-state index contributed by atoms with van der Waals surface area (Å²) in [5.41, 5.74) is 2.48. The van der Waals surface area contributed by atoms with Gasteiger partial charge in [0.15, 0.2) is 0 Å². The van der Waals surface area contributed by atoms with Crippen molar-refractivity contribution in [2.45, 2.75) is 13.0 Å². The number of hydrogen-bond acceptors (Lipinski definition) is 3. The second-order valence-corrected chi connectivity index (χ2v) is 6.11. The Morgan fingerprint density at radius 1 is 1.37 bits per heavy atom. The predicted octanol–water partition coefficient (Wildman–Crippen LogP) is 1.38. The minimum atomic E-state index is 0.237. The van der Waals surface area contributed by atoms with Crippen LogP contribution < -0.4 is 10.2 Å². The number of carbonyl (C=O) groups excluding carboxylic acids is 1. The van der Waals surface area contributed by atoms with Gasteiger partial charge in [0.2, 0.25) is 5.91 Å². The topological polar surface area (TPSA) is 35.6 Å². The highest BCUT2D eigenvalue weighted by Crippen LogP contribution is 2.26. The molecule has 1 atom stereocenters. The normalized spacial score (nSPS) is 23.5. The maximum Gasteiger partial charge on any atom is 0.236 e. The molecule has 1 N–H and O–H groups in total. The van der Waals surface area contributed by atoms with Crippen LogP contribution in [0.2, 0.25) is 0 Å². The van der Waals surface area contributed by atoms with Gasteiger partial charge in [-0.25, -0.2) is 0 Å². The highest BCUT2D eigenvalue weighted by atomic mass is 79.9. The first-order valence-corrected chi connectivity index (χ1v) is 7.46. The number of rotatable bonds is 1. The number of anilines is 1. The van der Waals surface area contributed by atoms with Gasteiger partial charge in [0, 0.05) is 36.3 Å². The van der Waals surface area contributed by atoms with E-state index in [9.17, 15) is 4.79 Å². The molecule has 4 nitrogen and oxygen atoms in total. The number of carbonyl (C=O) groups is 1. The number of fused-ring (bicyclic) bond motifs is 1. The van der Waals surface area contributed by atoms with Crippen LogP contribution in [-0.2, 0) is 4.79 Å². The van der Waals surface area contributed by atoms with E-state index in [4.69, 9.17) is 0 Å². The largest absolute Gasteiger partial charge is 0.368 e. The summed E-state index contributed by atoms with van der Waals surface area (Å²) in [7, 11) is 0. The van der Waals surface area contributed by atoms with E-state index in [0.29, 0.717) is 12.6 Å². The predicted molar refractivity (Wildman–Crippen MR) is 79.5 cm³/mol. The molecule has 1 unspecified atom stereocenters. The van der Waals surface area contributed by atoms with Gasteiger partial charge in [-0.15, -0.1) is 0 Å². The van der Waals surface area contributed by atoms with Crippen LogP contribution in [0.5, 0.6) is 0 Å². The van der Waals surface area contributed by atoms with E-state index >= 15 is 0 Å². The zero-order valence-corrected chi connectivity index (χ0v) is 12.6. The number of nitrogens with one attached hydrogen (secondary N) is 1. The molecular formula is C14H18BrN3O. The van der Waals surface area contributed by atoms with Crippen molar-refractivity contribution in [3.05, 3.63) is 28.2 Å². The first kappa shape index (κ1) is 12.9. The summed E-state index contributed by atoms with van der Waals surface area (Å²) < 4.78 is 1.14. The number of amides is 1. The minimum absolute atomic E-state index is 0.237. The molecule has 2 fully saturated rings. The van der Waals surface area contributed by atoms with Crippen molar-refractivity contribution in [2.75, 3.05) is 37.6 Å². The second kappa shape index (κ2) is 5.13. The van der Waals surface area contributed by atoms with Crippen molar-refractivity contribution in [3.8, 4) is 0 Å². The lowest BCUT2D eigenvalue weighted by Crippen LogP contribution is -2.63. The molecule has 2 aliphatic heterocycles. The Balaban J connectivity index is 1.77. The molecule has 0 radical (unpaired) electrons. The smallest absolute Gasteiger partial charge is 0.236 e. The number of benzene rings is 1. The Bertz CT molecular complexity index is 505. The van der Waals surface area contributed by atoms with Crippen LogP contribution in [0.3, 0.4) is 0 Å². The molecule has 2 heterocycles. The third-order valence-electron chi connectivity index (χ3n) is 3.98. The molecule has 0 spiro atoms. The Kier molecular flexibility index (Phi) is 3.50. The first-order chi connectivity index (χ1) is 9.15. The molecule has 0 bridgehead atoms. The fourth-order valence-electron chi connectivity index (χ4n) is 2.82. The van der Waals surface area contributed by atoms with Gasteiger partial charge in [0.25, 0.3) is 0 Å². The van der Waals surface area contributed by atoms with E-state index in [2.05, 4.69) is 51.3 Å². The van der Waals surface area contributed by atoms with Crippen molar-refractivity contribution in [1.82, 2.24) is 10.2 Å². The van der Waals surface area contributed by atoms with E-state index in [-0.39, 0.29) is 5.91 Å². The van der Waals surface area contributed by atoms with Crippen LogP contribution in [0.25, 0.3) is 0 Å². The van der Waals surface area contributed by atoms with Crippen molar-refractivity contribution in [1.29, 1.82) is 0 Å². The lowest BCUT2D eigenvalue weighted by atomic mass is 10.1. The lowest BCUT2D eigenvalue weighted by Gasteiger charge is -2.45. The molecule has 2 aliphatic rings. The molecule has 0 aromatic heterocycles. The lowest BCUT2D eigenvalue weighted by molar-refractivity contribution is -0.135. The van der Waals surface area contributed by atoms with Crippen LogP contribution >= 0.6 is 15.9 Å². The molecule has 1 aromatic rings. The fourth-order valence-corrected chi connectivity index (χ4v) is 3.19. The number of piperazine rings is 2. The Morgan fingerprint density at radius 3 is 3.00 bits per heavy atom. The van der Waals surface area contributed by atoms with Crippen molar-refractivity contribution in [2.24, 2.45) is 0 Å². The molecule has 19 heavy (non-hydrogen) atoms. The number of halogens is 1. The van der Waals surface area contributed by atoms with Gasteiger partial charge in [-0.3, -0.25) is 4.79 Å². The Morgan fingerprint density at radius 2 is 2.21 bits per heavy atom. The quantitative estimate of drug-likeness (QED) is 0.848. The summed E-state index contributed by atoms with van der Waals surface area (Å²) in [4.78, 5) is 16.2. The van der Waals surface area contributed by atoms with E-state index in [1.54, 1.807) is 0 Å². The summed E-state index contributed by atoms with van der Waals surface area (Å²) in [6.07, 6.45) is 0. The van der Waals surface area contributed by atoms with E-state index in [1.807, 2.05) is 4.90 Å². The van der Waals surface area contributed by atoms with Crippen LogP contribution in [0.4, 0.5) is 5.69 Å². The highest BCUT2D eigenvalue weighted by molar-refractivity contribution is 9.10. The molecule has 1 aromatic carbocycles. The summed E-state index contributed by atoms with van der Waals surface area (Å²) in [6.45, 7) is 6.14. The molecule has 0 aliphatic carbocycles. The van der Waals surface area contributed by atoms with Gasteiger partial charge in [-0.05, 0) is 24.6 Å². The van der Waals surface area contributed by atoms with Crippen LogP contribution in [0, 0.1) is 6.92 Å². The molecule has 102 valence electrons. The van der Waals surface area contributed by atoms with Gasteiger partial charge in [0.1, 0.15) is 0 Å². The molecule has 0 saturated carbocycles. The number of aryl methyl sites for hydroxylation is 1. The minimum Gasteiger partial charge on any atom is -0.368 e. The monoisotopic (exact) mass is 323 g/mol. The highest BCUT2D eigenvalue weighted by Gasteiger charge is 2.33. The van der Waals surface area contributed by atoms with Gasteiger partial charge in [0.05, 0.1) is 12.6 Å². The maximum atomic E-state index is 11.8. The Hall–Kier alpha value is -1.07. The third-order valence-corrected chi connectivity index (χ3v) is 4.83. The van der Waals surface area contributed by atoms with Gasteiger partial charge in [-0.2, -0.15) is 0 Å². The van der Waals surface area contributed by atoms with Crippen LogP contribution in [-0.4, -0.2) is 49.6 Å². The third kappa shape index (κ3) is 2.49. The van der Waals surface area contributed by atoms with Crippen molar-refractivity contribution < 1.29 is 4.79 Å².